The molecule has 0 aromatic rings. The molecule has 1 aliphatic rings. The fourth-order valence-corrected chi connectivity index (χ4v) is 2.55. The minimum absolute atomic E-state index is 0.0563. The van der Waals surface area contributed by atoms with E-state index in [9.17, 15) is 19.5 Å². The second-order valence-electron chi connectivity index (χ2n) is 5.33. The third-order valence-electron chi connectivity index (χ3n) is 3.63. The number of ketones is 1. The summed E-state index contributed by atoms with van der Waals surface area (Å²) < 4.78 is 0. The monoisotopic (exact) mass is 313 g/mol. The predicted molar refractivity (Wildman–Crippen MR) is 80.1 cm³/mol. The number of aliphatic carboxylic acids is 1. The van der Waals surface area contributed by atoms with Crippen molar-refractivity contribution in [1.82, 2.24) is 9.80 Å². The topological polar surface area (TPSA) is 142 Å². The summed E-state index contributed by atoms with van der Waals surface area (Å²) in [6, 6.07) is -1.88. The number of carboxylic acid groups (broad SMARTS) is 1. The molecule has 9 nitrogen and oxygen atoms in total. The second kappa shape index (κ2) is 7.74. The van der Waals surface area contributed by atoms with Crippen molar-refractivity contribution in [2.24, 2.45) is 16.5 Å². The van der Waals surface area contributed by atoms with Gasteiger partial charge in [-0.05, 0) is 26.8 Å². The number of guanidine groups is 1. The van der Waals surface area contributed by atoms with E-state index in [1.165, 1.54) is 11.8 Å². The number of carboxylic acids is 1. The van der Waals surface area contributed by atoms with E-state index in [0.29, 0.717) is 19.5 Å². The van der Waals surface area contributed by atoms with E-state index in [0.717, 1.165) is 0 Å². The number of nitrogens with two attached hydrogens (primary N) is 2. The highest BCUT2D eigenvalue weighted by Crippen LogP contribution is 2.17. The minimum Gasteiger partial charge on any atom is -0.480 e. The molecule has 5 N–H and O–H groups in total. The van der Waals surface area contributed by atoms with Gasteiger partial charge in [0.05, 0.1) is 0 Å². The molecule has 1 amide bonds. The Morgan fingerprint density at radius 2 is 2.05 bits per heavy atom. The van der Waals surface area contributed by atoms with Gasteiger partial charge in [-0.15, -0.1) is 0 Å². The molecule has 1 rings (SSSR count). The Kier molecular flexibility index (Phi) is 6.29. The standard InChI is InChI=1S/C13H23N5O4/c1-8(19)10-11(20)18(7-6-17(10)2)9(12(21)22)4-3-5-16-13(14)15/h9-10H,3-7H2,1-2H3,(H,21,22)(H4,14,15,16)/t9-,10-/m0/s1. The van der Waals surface area contributed by atoms with Crippen molar-refractivity contribution < 1.29 is 19.5 Å². The summed E-state index contributed by atoms with van der Waals surface area (Å²) in [6.45, 7) is 2.35. The normalized spacial score (nSPS) is 20.5. The molecular formula is C13H23N5O4. The zero-order chi connectivity index (χ0) is 16.9. The summed E-state index contributed by atoms with van der Waals surface area (Å²) in [6.07, 6.45) is 0.658. The number of piperazine rings is 1. The third kappa shape index (κ3) is 4.42. The van der Waals surface area contributed by atoms with Crippen LogP contribution in [0.15, 0.2) is 4.99 Å². The number of hydrogen-bond donors (Lipinski definition) is 3. The quantitative estimate of drug-likeness (QED) is 0.218. The number of carbonyl (C=O) groups is 3. The van der Waals surface area contributed by atoms with Crippen molar-refractivity contribution in [1.29, 1.82) is 0 Å². The van der Waals surface area contributed by atoms with Gasteiger partial charge in [-0.1, -0.05) is 0 Å². The Labute approximate surface area is 128 Å². The molecule has 0 unspecified atom stereocenters. The molecular weight excluding hydrogens is 290 g/mol. The van der Waals surface area contributed by atoms with Crippen LogP contribution < -0.4 is 11.5 Å². The highest BCUT2D eigenvalue weighted by Gasteiger charge is 2.40. The lowest BCUT2D eigenvalue weighted by molar-refractivity contribution is -0.158. The first-order chi connectivity index (χ1) is 10.3. The first kappa shape index (κ1) is 17.9. The number of amides is 1. The first-order valence-electron chi connectivity index (χ1n) is 7.05. The van der Waals surface area contributed by atoms with E-state index in [1.54, 1.807) is 11.9 Å². The maximum atomic E-state index is 12.4. The molecule has 0 aromatic heterocycles. The number of carbonyl (C=O) groups excluding carboxylic acids is 2. The van der Waals surface area contributed by atoms with E-state index < -0.39 is 24.0 Å². The SMILES string of the molecule is CC(=O)[C@H]1C(=O)N([C@@H](CCCN=C(N)N)C(=O)O)CCN1C. The van der Waals surface area contributed by atoms with Crippen molar-refractivity contribution in [2.75, 3.05) is 26.7 Å². The van der Waals surface area contributed by atoms with Gasteiger partial charge >= 0.3 is 5.97 Å². The molecule has 0 aromatic carbocycles. The van der Waals surface area contributed by atoms with Gasteiger partial charge < -0.3 is 21.5 Å². The fourth-order valence-electron chi connectivity index (χ4n) is 2.55. The Hall–Kier alpha value is -2.16. The Bertz CT molecular complexity index is 475. The van der Waals surface area contributed by atoms with Crippen LogP contribution in [0.5, 0.6) is 0 Å². The third-order valence-corrected chi connectivity index (χ3v) is 3.63. The number of Topliss-reactive ketones (excluding diaryl/α,β-unsaturated/α-hetero) is 1. The lowest BCUT2D eigenvalue weighted by Gasteiger charge is -2.40. The number of aliphatic imine (C=N–C) groups is 1. The zero-order valence-electron chi connectivity index (χ0n) is 12.9. The molecule has 22 heavy (non-hydrogen) atoms. The highest BCUT2D eigenvalue weighted by atomic mass is 16.4. The number of rotatable bonds is 7. The van der Waals surface area contributed by atoms with Crippen LogP contribution in [-0.4, -0.2) is 77.3 Å². The van der Waals surface area contributed by atoms with E-state index in [2.05, 4.69) is 4.99 Å². The van der Waals surface area contributed by atoms with Gasteiger partial charge in [0.15, 0.2) is 11.7 Å². The van der Waals surface area contributed by atoms with Crippen LogP contribution in [-0.2, 0) is 14.4 Å². The van der Waals surface area contributed by atoms with Crippen LogP contribution in [0, 0.1) is 0 Å². The minimum atomic E-state index is -1.09. The Balaban J connectivity index is 2.78. The lowest BCUT2D eigenvalue weighted by atomic mass is 10.0. The molecule has 1 fully saturated rings. The summed E-state index contributed by atoms with van der Waals surface area (Å²) in [4.78, 5) is 42.2. The van der Waals surface area contributed by atoms with Gasteiger partial charge in [0.2, 0.25) is 5.91 Å². The molecule has 1 aliphatic heterocycles. The molecule has 2 atom stereocenters. The van der Waals surface area contributed by atoms with Gasteiger partial charge in [-0.3, -0.25) is 19.5 Å². The van der Waals surface area contributed by atoms with Crippen molar-refractivity contribution >= 4 is 23.6 Å². The summed E-state index contributed by atoms with van der Waals surface area (Å²) >= 11 is 0. The van der Waals surface area contributed by atoms with E-state index in [-0.39, 0.29) is 24.7 Å². The molecule has 0 aliphatic carbocycles. The van der Waals surface area contributed by atoms with Crippen LogP contribution in [0.3, 0.4) is 0 Å². The molecule has 0 spiro atoms. The average Bonchev–Trinajstić information content (AvgIpc) is 2.39. The Morgan fingerprint density at radius 1 is 1.41 bits per heavy atom. The zero-order valence-corrected chi connectivity index (χ0v) is 12.9. The van der Waals surface area contributed by atoms with Gasteiger partial charge in [-0.2, -0.15) is 0 Å². The number of hydrogen-bond acceptors (Lipinski definition) is 5. The summed E-state index contributed by atoms with van der Waals surface area (Å²) in [7, 11) is 1.68. The molecule has 124 valence electrons. The van der Waals surface area contributed by atoms with Gasteiger partial charge in [0.25, 0.3) is 0 Å². The summed E-state index contributed by atoms with van der Waals surface area (Å²) in [5.41, 5.74) is 10.4. The highest BCUT2D eigenvalue weighted by molar-refractivity contribution is 6.05. The lowest BCUT2D eigenvalue weighted by Crippen LogP contribution is -2.62. The summed E-state index contributed by atoms with van der Waals surface area (Å²) in [5.74, 6) is -1.90. The Morgan fingerprint density at radius 3 is 2.55 bits per heavy atom. The van der Waals surface area contributed by atoms with Crippen LogP contribution in [0.2, 0.25) is 0 Å². The molecule has 0 saturated carbocycles. The van der Waals surface area contributed by atoms with Crippen LogP contribution in [0.25, 0.3) is 0 Å². The summed E-state index contributed by atoms with van der Waals surface area (Å²) in [5, 5.41) is 9.36. The van der Waals surface area contributed by atoms with Crippen molar-refractivity contribution in [2.45, 2.75) is 31.8 Å². The smallest absolute Gasteiger partial charge is 0.326 e. The second-order valence-corrected chi connectivity index (χ2v) is 5.33. The van der Waals surface area contributed by atoms with E-state index in [1.807, 2.05) is 0 Å². The van der Waals surface area contributed by atoms with Crippen LogP contribution >= 0.6 is 0 Å². The van der Waals surface area contributed by atoms with Crippen molar-refractivity contribution in [3.8, 4) is 0 Å². The maximum Gasteiger partial charge on any atom is 0.326 e. The molecule has 0 bridgehead atoms. The number of likely N-dealkylation sites (N-methyl/N-ethyl adjacent to an activating group) is 1. The van der Waals surface area contributed by atoms with Crippen LogP contribution in [0.4, 0.5) is 0 Å². The first-order valence-corrected chi connectivity index (χ1v) is 7.05. The fraction of sp³-hybridized carbons (Fsp3) is 0.692. The van der Waals surface area contributed by atoms with E-state index >= 15 is 0 Å². The average molecular weight is 313 g/mol. The van der Waals surface area contributed by atoms with Crippen LogP contribution in [0.1, 0.15) is 19.8 Å². The van der Waals surface area contributed by atoms with Gasteiger partial charge in [0.1, 0.15) is 12.1 Å². The van der Waals surface area contributed by atoms with Crippen molar-refractivity contribution in [3.05, 3.63) is 0 Å². The predicted octanol–water partition coefficient (Wildman–Crippen LogP) is -1.78. The largest absolute Gasteiger partial charge is 0.480 e. The van der Waals surface area contributed by atoms with Gasteiger partial charge in [-0.25, -0.2) is 4.79 Å². The molecule has 1 saturated heterocycles. The molecule has 1 heterocycles. The molecule has 0 radical (unpaired) electrons. The van der Waals surface area contributed by atoms with Crippen molar-refractivity contribution in [3.63, 3.8) is 0 Å². The maximum absolute atomic E-state index is 12.4. The number of nitrogens with zero attached hydrogens (tertiary/aromatic N) is 3. The van der Waals surface area contributed by atoms with E-state index in [4.69, 9.17) is 11.5 Å². The van der Waals surface area contributed by atoms with Gasteiger partial charge in [0, 0.05) is 19.6 Å². The molecule has 9 heteroatoms.